The number of halogens is 1. The number of hydrogen-bond acceptors (Lipinski definition) is 4. The lowest BCUT2D eigenvalue weighted by Crippen LogP contribution is -2.09. The molecule has 1 rings (SSSR count). The van der Waals surface area contributed by atoms with Gasteiger partial charge in [-0.2, -0.15) is 4.98 Å². The fourth-order valence-electron chi connectivity index (χ4n) is 1.14. The quantitative estimate of drug-likeness (QED) is 0.876. The fraction of sp³-hybridized carbons (Fsp3) is 0.500. The summed E-state index contributed by atoms with van der Waals surface area (Å²) in [6.07, 6.45) is -0.239. The minimum absolute atomic E-state index is 0.0821. The van der Waals surface area contributed by atoms with Crippen LogP contribution in [0, 0.1) is 0 Å². The van der Waals surface area contributed by atoms with Crippen molar-refractivity contribution in [1.82, 2.24) is 9.97 Å². The molecule has 0 aliphatic carbocycles. The van der Waals surface area contributed by atoms with Gasteiger partial charge in [0, 0.05) is 5.92 Å². The third-order valence-electron chi connectivity index (χ3n) is 1.94. The maximum atomic E-state index is 10.6. The molecule has 0 spiro atoms. The van der Waals surface area contributed by atoms with Crippen LogP contribution in [0.1, 0.15) is 31.3 Å². The first-order chi connectivity index (χ1) is 7.45. The van der Waals surface area contributed by atoms with E-state index in [9.17, 15) is 4.79 Å². The van der Waals surface area contributed by atoms with Gasteiger partial charge in [0.05, 0.1) is 19.2 Å². The lowest BCUT2D eigenvalue weighted by molar-refractivity contribution is -0.136. The van der Waals surface area contributed by atoms with Crippen LogP contribution in [0.15, 0.2) is 0 Å². The van der Waals surface area contributed by atoms with E-state index < -0.39 is 5.97 Å². The number of aliphatic carboxylic acids is 1. The Morgan fingerprint density at radius 2 is 2.12 bits per heavy atom. The molecule has 16 heavy (non-hydrogen) atoms. The van der Waals surface area contributed by atoms with Crippen molar-refractivity contribution in [3.63, 3.8) is 0 Å². The summed E-state index contributed by atoms with van der Waals surface area (Å²) in [7, 11) is 1.43. The molecule has 0 aliphatic rings. The third kappa shape index (κ3) is 2.82. The molecule has 0 aromatic carbocycles. The highest BCUT2D eigenvalue weighted by Crippen LogP contribution is 2.27. The molecule has 0 saturated carbocycles. The molecule has 0 saturated heterocycles. The van der Waals surface area contributed by atoms with Crippen LogP contribution in [0.2, 0.25) is 5.02 Å². The van der Waals surface area contributed by atoms with E-state index in [1.54, 1.807) is 0 Å². The minimum Gasteiger partial charge on any atom is -0.481 e. The highest BCUT2D eigenvalue weighted by Gasteiger charge is 2.16. The molecule has 0 radical (unpaired) electrons. The van der Waals surface area contributed by atoms with Crippen LogP contribution >= 0.6 is 11.6 Å². The first kappa shape index (κ1) is 12.7. The molecule has 0 unspecified atom stereocenters. The van der Waals surface area contributed by atoms with Crippen molar-refractivity contribution < 1.29 is 14.6 Å². The van der Waals surface area contributed by atoms with Crippen LogP contribution < -0.4 is 4.74 Å². The Labute approximate surface area is 98.4 Å². The molecule has 1 N–H and O–H groups in total. The fourth-order valence-corrected chi connectivity index (χ4v) is 1.37. The number of carboxylic acids is 1. The number of carbonyl (C=O) groups is 1. The maximum Gasteiger partial charge on any atom is 0.309 e. The molecule has 0 aliphatic heterocycles. The molecule has 0 amide bonds. The van der Waals surface area contributed by atoms with Crippen molar-refractivity contribution >= 4 is 17.6 Å². The Morgan fingerprint density at radius 3 is 2.56 bits per heavy atom. The van der Waals surface area contributed by atoms with Gasteiger partial charge in [-0.3, -0.25) is 4.79 Å². The van der Waals surface area contributed by atoms with Crippen molar-refractivity contribution in [2.75, 3.05) is 7.11 Å². The summed E-state index contributed by atoms with van der Waals surface area (Å²) in [4.78, 5) is 18.9. The zero-order chi connectivity index (χ0) is 12.3. The van der Waals surface area contributed by atoms with Crippen molar-refractivity contribution in [3.05, 3.63) is 16.5 Å². The Morgan fingerprint density at radius 1 is 1.50 bits per heavy atom. The molecule has 0 fully saturated rings. The average molecular weight is 245 g/mol. The molecule has 1 aromatic rings. The predicted molar refractivity (Wildman–Crippen MR) is 59.0 cm³/mol. The van der Waals surface area contributed by atoms with Crippen LogP contribution in [-0.4, -0.2) is 28.2 Å². The van der Waals surface area contributed by atoms with Crippen LogP contribution in [0.4, 0.5) is 0 Å². The zero-order valence-corrected chi connectivity index (χ0v) is 10.1. The zero-order valence-electron chi connectivity index (χ0n) is 9.32. The van der Waals surface area contributed by atoms with E-state index in [4.69, 9.17) is 21.4 Å². The van der Waals surface area contributed by atoms with Gasteiger partial charge in [-0.15, -0.1) is 0 Å². The molecule has 6 heteroatoms. The molecular formula is C10H13ClN2O3. The largest absolute Gasteiger partial charge is 0.481 e. The second-order valence-electron chi connectivity index (χ2n) is 3.58. The lowest BCUT2D eigenvalue weighted by atomic mass is 10.2. The summed E-state index contributed by atoms with van der Waals surface area (Å²) in [6.45, 7) is 3.82. The summed E-state index contributed by atoms with van der Waals surface area (Å²) >= 11 is 5.92. The highest BCUT2D eigenvalue weighted by atomic mass is 35.5. The van der Waals surface area contributed by atoms with Gasteiger partial charge in [-0.05, 0) is 0 Å². The van der Waals surface area contributed by atoms with Gasteiger partial charge in [0.15, 0.2) is 0 Å². The molecule has 1 aromatic heterocycles. The van der Waals surface area contributed by atoms with Crippen molar-refractivity contribution in [3.8, 4) is 5.88 Å². The van der Waals surface area contributed by atoms with Gasteiger partial charge in [-0.1, -0.05) is 25.4 Å². The Kier molecular flexibility index (Phi) is 4.06. The molecule has 0 atom stereocenters. The molecule has 1 heterocycles. The number of aromatic nitrogens is 2. The summed E-state index contributed by atoms with van der Waals surface area (Å²) in [5, 5.41) is 8.89. The molecule has 5 nitrogen and oxygen atoms in total. The first-order valence-corrected chi connectivity index (χ1v) is 5.15. The van der Waals surface area contributed by atoms with Crippen LogP contribution in [-0.2, 0) is 11.2 Å². The maximum absolute atomic E-state index is 10.6. The van der Waals surface area contributed by atoms with E-state index in [0.29, 0.717) is 5.82 Å². The van der Waals surface area contributed by atoms with Crippen molar-refractivity contribution in [1.29, 1.82) is 0 Å². The van der Waals surface area contributed by atoms with Gasteiger partial charge in [0.25, 0.3) is 0 Å². The summed E-state index contributed by atoms with van der Waals surface area (Å²) < 4.78 is 4.98. The first-order valence-electron chi connectivity index (χ1n) is 4.77. The standard InChI is InChI=1S/C10H13ClN2O3/c1-5(2)9-12-6(4-7(14)15)8(11)10(13-9)16-3/h5H,4H2,1-3H3,(H,14,15). The smallest absolute Gasteiger partial charge is 0.309 e. The SMILES string of the molecule is COc1nc(C(C)C)nc(CC(=O)O)c1Cl. The minimum atomic E-state index is -0.989. The highest BCUT2D eigenvalue weighted by molar-refractivity contribution is 6.32. The number of rotatable bonds is 4. The number of hydrogen-bond donors (Lipinski definition) is 1. The van der Waals surface area contributed by atoms with Gasteiger partial charge >= 0.3 is 5.97 Å². The predicted octanol–water partition coefficient (Wildman–Crippen LogP) is 1.89. The number of ether oxygens (including phenoxy) is 1. The van der Waals surface area contributed by atoms with Gasteiger partial charge in [-0.25, -0.2) is 4.98 Å². The number of nitrogens with zero attached hydrogens (tertiary/aromatic N) is 2. The Bertz CT molecular complexity index is 407. The van der Waals surface area contributed by atoms with Crippen LogP contribution in [0.5, 0.6) is 5.88 Å². The van der Waals surface area contributed by atoms with Gasteiger partial charge in [0.2, 0.25) is 5.88 Å². The van der Waals surface area contributed by atoms with Gasteiger partial charge < -0.3 is 9.84 Å². The lowest BCUT2D eigenvalue weighted by Gasteiger charge is -2.10. The Hall–Kier alpha value is -1.36. The third-order valence-corrected chi connectivity index (χ3v) is 2.31. The number of carboxylic acid groups (broad SMARTS) is 1. The van der Waals surface area contributed by atoms with Crippen LogP contribution in [0.25, 0.3) is 0 Å². The monoisotopic (exact) mass is 244 g/mol. The second kappa shape index (κ2) is 5.12. The molecule has 0 bridgehead atoms. The topological polar surface area (TPSA) is 72.3 Å². The number of methoxy groups -OCH3 is 1. The Balaban J connectivity index is 3.24. The van der Waals surface area contributed by atoms with Gasteiger partial charge in [0.1, 0.15) is 10.8 Å². The summed E-state index contributed by atoms with van der Waals surface area (Å²) in [6, 6.07) is 0. The normalized spacial score (nSPS) is 10.6. The van der Waals surface area contributed by atoms with E-state index in [-0.39, 0.29) is 28.9 Å². The van der Waals surface area contributed by atoms with Crippen molar-refractivity contribution in [2.45, 2.75) is 26.2 Å². The van der Waals surface area contributed by atoms with E-state index in [2.05, 4.69) is 9.97 Å². The second-order valence-corrected chi connectivity index (χ2v) is 3.95. The van der Waals surface area contributed by atoms with E-state index in [1.807, 2.05) is 13.8 Å². The summed E-state index contributed by atoms with van der Waals surface area (Å²) in [5.41, 5.74) is 0.282. The molecule has 88 valence electrons. The van der Waals surface area contributed by atoms with E-state index in [0.717, 1.165) is 0 Å². The van der Waals surface area contributed by atoms with E-state index >= 15 is 0 Å². The van der Waals surface area contributed by atoms with Crippen molar-refractivity contribution in [2.24, 2.45) is 0 Å². The summed E-state index contributed by atoms with van der Waals surface area (Å²) in [5.74, 6) is -0.162. The van der Waals surface area contributed by atoms with E-state index in [1.165, 1.54) is 7.11 Å². The van der Waals surface area contributed by atoms with Crippen LogP contribution in [0.3, 0.4) is 0 Å². The molecular weight excluding hydrogens is 232 g/mol. The average Bonchev–Trinajstić information content (AvgIpc) is 2.20.